The van der Waals surface area contributed by atoms with Crippen LogP contribution in [0.1, 0.15) is 103 Å². The summed E-state index contributed by atoms with van der Waals surface area (Å²) < 4.78 is 5.63. The molecule has 220 valence electrons. The van der Waals surface area contributed by atoms with Gasteiger partial charge in [-0.2, -0.15) is 10.5 Å². The molecule has 42 heavy (non-hydrogen) atoms. The van der Waals surface area contributed by atoms with Crippen molar-refractivity contribution in [3.63, 3.8) is 0 Å². The Morgan fingerprint density at radius 2 is 1.43 bits per heavy atom. The minimum atomic E-state index is -0.500. The summed E-state index contributed by atoms with van der Waals surface area (Å²) >= 11 is 0. The fourth-order valence-corrected chi connectivity index (χ4v) is 9.21. The van der Waals surface area contributed by atoms with E-state index in [0.29, 0.717) is 23.8 Å². The van der Waals surface area contributed by atoms with E-state index in [-0.39, 0.29) is 22.5 Å². The number of hydrogen-bond donors (Lipinski definition) is 0. The zero-order valence-corrected chi connectivity index (χ0v) is 25.6. The second kappa shape index (κ2) is 10.2. The third kappa shape index (κ3) is 4.90. The predicted molar refractivity (Wildman–Crippen MR) is 163 cm³/mol. The first-order valence-corrected chi connectivity index (χ1v) is 15.9. The van der Waals surface area contributed by atoms with Gasteiger partial charge in [0.15, 0.2) is 0 Å². The summed E-state index contributed by atoms with van der Waals surface area (Å²) in [5.41, 5.74) is 3.31. The van der Waals surface area contributed by atoms with Crippen LogP contribution in [0.3, 0.4) is 0 Å². The van der Waals surface area contributed by atoms with Gasteiger partial charge in [-0.15, -0.1) is 0 Å². The van der Waals surface area contributed by atoms with E-state index in [1.54, 1.807) is 0 Å². The first-order valence-electron chi connectivity index (χ1n) is 15.9. The van der Waals surface area contributed by atoms with Crippen molar-refractivity contribution in [1.82, 2.24) is 4.90 Å². The summed E-state index contributed by atoms with van der Waals surface area (Å²) in [6.07, 6.45) is 13.4. The summed E-state index contributed by atoms with van der Waals surface area (Å²) in [4.78, 5) is 14.6. The Morgan fingerprint density at radius 1 is 0.857 bits per heavy atom. The maximum atomic E-state index is 12.7. The summed E-state index contributed by atoms with van der Waals surface area (Å²) in [5, 5.41) is 18.5. The molecule has 2 aromatic rings. The van der Waals surface area contributed by atoms with Gasteiger partial charge in [0.25, 0.3) is 0 Å². The van der Waals surface area contributed by atoms with E-state index >= 15 is 0 Å². The molecule has 7 aliphatic carbocycles. The number of ether oxygens (including phenoxy) is 1. The van der Waals surface area contributed by atoms with Gasteiger partial charge in [-0.05, 0) is 112 Å². The maximum absolute atomic E-state index is 12.7. The zero-order valence-electron chi connectivity index (χ0n) is 25.6. The second-order valence-electron chi connectivity index (χ2n) is 15.5. The Morgan fingerprint density at radius 3 is 1.90 bits per heavy atom. The van der Waals surface area contributed by atoms with Crippen LogP contribution in [0.25, 0.3) is 0 Å². The molecule has 0 heterocycles. The van der Waals surface area contributed by atoms with Crippen molar-refractivity contribution < 1.29 is 9.53 Å². The Labute approximate surface area is 251 Å². The molecular formula is C37H45N3O2. The van der Waals surface area contributed by atoms with E-state index < -0.39 is 5.60 Å². The van der Waals surface area contributed by atoms with Crippen molar-refractivity contribution in [2.45, 2.75) is 116 Å². The third-order valence-corrected chi connectivity index (χ3v) is 11.3. The molecule has 1 amide bonds. The quantitative estimate of drug-likeness (QED) is 0.322. The molecule has 0 aromatic heterocycles. The van der Waals surface area contributed by atoms with Gasteiger partial charge in [0, 0.05) is 18.5 Å². The lowest BCUT2D eigenvalue weighted by Crippen LogP contribution is -2.75. The number of rotatable bonds is 8. The Hall–Kier alpha value is -3.31. The molecule has 5 nitrogen and oxygen atoms in total. The Kier molecular flexibility index (Phi) is 6.96. The van der Waals surface area contributed by atoms with Gasteiger partial charge in [-0.1, -0.05) is 67.1 Å². The van der Waals surface area contributed by atoms with Crippen LogP contribution in [0.2, 0.25) is 0 Å². The van der Waals surface area contributed by atoms with Crippen LogP contribution in [0, 0.1) is 44.3 Å². The normalized spacial score (nSPS) is 32.3. The minimum absolute atomic E-state index is 0.0987. The molecule has 7 saturated carbocycles. The molecule has 7 aliphatic rings. The third-order valence-electron chi connectivity index (χ3n) is 11.3. The summed E-state index contributed by atoms with van der Waals surface area (Å²) in [7, 11) is 0. The molecule has 0 saturated heterocycles. The monoisotopic (exact) mass is 563 g/mol. The molecule has 5 heteroatoms. The van der Waals surface area contributed by atoms with Gasteiger partial charge in [0.1, 0.15) is 5.60 Å². The number of nitriles is 2. The fourth-order valence-electron chi connectivity index (χ4n) is 9.21. The number of hydrogen-bond acceptors (Lipinski definition) is 4. The largest absolute Gasteiger partial charge is 0.444 e. The van der Waals surface area contributed by atoms with Crippen molar-refractivity contribution in [2.75, 3.05) is 0 Å². The highest BCUT2D eigenvalue weighted by atomic mass is 16.6. The summed E-state index contributed by atoms with van der Waals surface area (Å²) in [6.45, 7) is 6.25. The van der Waals surface area contributed by atoms with Gasteiger partial charge >= 0.3 is 6.09 Å². The van der Waals surface area contributed by atoms with Crippen molar-refractivity contribution in [3.8, 4) is 12.1 Å². The molecule has 0 radical (unpaired) electrons. The van der Waals surface area contributed by atoms with Crippen LogP contribution in [-0.4, -0.2) is 22.1 Å². The minimum Gasteiger partial charge on any atom is -0.444 e. The highest BCUT2D eigenvalue weighted by Gasteiger charge is 2.75. The highest BCUT2D eigenvalue weighted by Crippen LogP contribution is 2.83. The molecular weight excluding hydrogens is 518 g/mol. The smallest absolute Gasteiger partial charge is 0.411 e. The average molecular weight is 564 g/mol. The molecule has 9 rings (SSSR count). The lowest BCUT2D eigenvalue weighted by Gasteiger charge is -2.77. The van der Waals surface area contributed by atoms with Crippen LogP contribution in [-0.2, 0) is 17.7 Å². The number of amides is 1. The van der Waals surface area contributed by atoms with E-state index in [9.17, 15) is 10.1 Å². The van der Waals surface area contributed by atoms with Crippen molar-refractivity contribution >= 4 is 6.09 Å². The fraction of sp³-hybridized carbons (Fsp3) is 0.595. The SMILES string of the molecule is CC(C)(C)OC(=O)N(Cc1ccccc1)C12CC(CC#N)(C1)C2.N#CC1(C23CC(CCc4ccccc4)(C2)C3)CCC1. The number of carbonyl (C=O) groups excluding carboxylic acids is 1. The molecule has 4 bridgehead atoms. The van der Waals surface area contributed by atoms with E-state index in [1.807, 2.05) is 56.0 Å². The highest BCUT2D eigenvalue weighted by molar-refractivity contribution is 5.70. The van der Waals surface area contributed by atoms with Crippen LogP contribution < -0.4 is 0 Å². The van der Waals surface area contributed by atoms with Gasteiger partial charge in [0.05, 0.1) is 17.6 Å². The van der Waals surface area contributed by atoms with Crippen LogP contribution >= 0.6 is 0 Å². The maximum Gasteiger partial charge on any atom is 0.411 e. The lowest BCUT2D eigenvalue weighted by atomic mass is 9.26. The van der Waals surface area contributed by atoms with E-state index in [2.05, 4.69) is 42.5 Å². The molecule has 0 spiro atoms. The lowest BCUT2D eigenvalue weighted by molar-refractivity contribution is -0.276. The first kappa shape index (κ1) is 28.8. The van der Waals surface area contributed by atoms with Crippen molar-refractivity contribution in [2.24, 2.45) is 21.7 Å². The van der Waals surface area contributed by atoms with Crippen LogP contribution in [0.4, 0.5) is 4.79 Å². The molecule has 0 N–H and O–H groups in total. The van der Waals surface area contributed by atoms with E-state index in [1.165, 1.54) is 56.9 Å². The topological polar surface area (TPSA) is 77.1 Å². The Balaban J connectivity index is 0.000000153. The van der Waals surface area contributed by atoms with Gasteiger partial charge in [-0.3, -0.25) is 4.90 Å². The van der Waals surface area contributed by atoms with Gasteiger partial charge in [0.2, 0.25) is 0 Å². The second-order valence-corrected chi connectivity index (χ2v) is 15.5. The summed E-state index contributed by atoms with van der Waals surface area (Å²) in [5.74, 6) is 0. The molecule has 0 atom stereocenters. The summed E-state index contributed by atoms with van der Waals surface area (Å²) in [6, 6.07) is 25.8. The van der Waals surface area contributed by atoms with Gasteiger partial charge in [-0.25, -0.2) is 4.79 Å². The standard InChI is InChI=1S/C19H24N2O2.C18H21N/c1-17(2,3)23-16(22)21(11-15-7-5-4-6-8-15)19-12-18(13-19,14-19)9-10-20;19-14-17(8-4-9-17)18-11-16(12-18,13-18)10-7-15-5-2-1-3-6-15/h4-8H,9,11-14H2,1-3H3;1-3,5-6H,4,7-13H2. The number of carbonyl (C=O) groups is 1. The predicted octanol–water partition coefficient (Wildman–Crippen LogP) is 8.74. The van der Waals surface area contributed by atoms with Crippen molar-refractivity contribution in [3.05, 3.63) is 71.8 Å². The number of benzene rings is 2. The van der Waals surface area contributed by atoms with E-state index in [4.69, 9.17) is 10.00 Å². The average Bonchev–Trinajstić information content (AvgIpc) is 2.84. The zero-order chi connectivity index (χ0) is 29.7. The number of aryl methyl sites for hydroxylation is 1. The molecule has 0 unspecified atom stereocenters. The number of nitrogens with zero attached hydrogens (tertiary/aromatic N) is 3. The van der Waals surface area contributed by atoms with Gasteiger partial charge < -0.3 is 4.74 Å². The van der Waals surface area contributed by atoms with E-state index in [0.717, 1.165) is 24.8 Å². The van der Waals surface area contributed by atoms with Crippen LogP contribution in [0.15, 0.2) is 60.7 Å². The molecule has 7 fully saturated rings. The van der Waals surface area contributed by atoms with Crippen LogP contribution in [0.5, 0.6) is 0 Å². The van der Waals surface area contributed by atoms with Crippen molar-refractivity contribution in [1.29, 1.82) is 10.5 Å². The molecule has 2 aromatic carbocycles. The molecule has 0 aliphatic heterocycles. The Bertz CT molecular complexity index is 1350. The first-order chi connectivity index (χ1) is 20.0.